The Morgan fingerprint density at radius 1 is 0.718 bits per heavy atom. The van der Waals surface area contributed by atoms with Gasteiger partial charge in [0.05, 0.1) is 10.5 Å². The maximum Gasteiger partial charge on any atom is 0.343 e. The van der Waals surface area contributed by atoms with Crippen molar-refractivity contribution in [3.63, 3.8) is 0 Å². The van der Waals surface area contributed by atoms with Gasteiger partial charge in [0.2, 0.25) is 0 Å². The summed E-state index contributed by atoms with van der Waals surface area (Å²) in [5, 5.41) is 11.0. The van der Waals surface area contributed by atoms with Crippen LogP contribution in [-0.4, -0.2) is 23.3 Å². The van der Waals surface area contributed by atoms with Crippen LogP contribution in [0.3, 0.4) is 0 Å². The molecule has 0 aliphatic heterocycles. The lowest BCUT2D eigenvalue weighted by atomic mass is 10.1. The molecule has 7 heteroatoms. The lowest BCUT2D eigenvalue weighted by Crippen LogP contribution is -2.32. The summed E-state index contributed by atoms with van der Waals surface area (Å²) in [5.74, 6) is -0.251. The first kappa shape index (κ1) is 29.6. The summed E-state index contributed by atoms with van der Waals surface area (Å²) in [6.07, 6.45) is 11.9. The highest BCUT2D eigenvalue weighted by molar-refractivity contribution is 6.06. The van der Waals surface area contributed by atoms with E-state index in [0.717, 1.165) is 19.3 Å². The molecule has 39 heavy (non-hydrogen) atoms. The second kappa shape index (κ2) is 16.1. The Kier molecular flexibility index (Phi) is 12.2. The quantitative estimate of drug-likeness (QED) is 0.0610. The fraction of sp³-hybridized carbons (Fsp3) is 0.375. The molecule has 0 saturated heterocycles. The van der Waals surface area contributed by atoms with E-state index in [9.17, 15) is 19.7 Å². The maximum atomic E-state index is 13.4. The number of esters is 1. The molecule has 0 spiro atoms. The van der Waals surface area contributed by atoms with Crippen LogP contribution >= 0.6 is 0 Å². The van der Waals surface area contributed by atoms with Gasteiger partial charge in [-0.3, -0.25) is 14.9 Å². The zero-order valence-electron chi connectivity index (χ0n) is 22.7. The molecular weight excluding hydrogens is 492 g/mol. The van der Waals surface area contributed by atoms with Gasteiger partial charge in [-0.05, 0) is 55.0 Å². The third-order valence-electron chi connectivity index (χ3n) is 6.67. The molecule has 3 aromatic rings. The topological polar surface area (TPSA) is 89.8 Å². The zero-order chi connectivity index (χ0) is 27.9. The number of amides is 1. The number of nitro groups is 1. The minimum Gasteiger partial charge on any atom is -0.423 e. The van der Waals surface area contributed by atoms with Crippen molar-refractivity contribution in [3.8, 4) is 5.75 Å². The van der Waals surface area contributed by atoms with Crippen LogP contribution in [0.4, 0.5) is 11.4 Å². The Bertz CT molecular complexity index is 1180. The van der Waals surface area contributed by atoms with Gasteiger partial charge in [-0.2, -0.15) is 0 Å². The Balaban J connectivity index is 1.63. The molecule has 1 amide bonds. The molecule has 0 heterocycles. The van der Waals surface area contributed by atoms with Gasteiger partial charge in [0.25, 0.3) is 11.6 Å². The lowest BCUT2D eigenvalue weighted by molar-refractivity contribution is -0.384. The first-order valence-electron chi connectivity index (χ1n) is 13.9. The van der Waals surface area contributed by atoms with Crippen LogP contribution in [0.25, 0.3) is 0 Å². The van der Waals surface area contributed by atoms with Crippen molar-refractivity contribution in [2.45, 2.75) is 71.1 Å². The van der Waals surface area contributed by atoms with Gasteiger partial charge in [0, 0.05) is 29.9 Å². The van der Waals surface area contributed by atoms with Crippen molar-refractivity contribution < 1.29 is 19.2 Å². The normalized spacial score (nSPS) is 10.7. The first-order valence-corrected chi connectivity index (χ1v) is 13.9. The highest BCUT2D eigenvalue weighted by Gasteiger charge is 2.19. The molecule has 206 valence electrons. The van der Waals surface area contributed by atoms with E-state index in [-0.39, 0.29) is 11.6 Å². The van der Waals surface area contributed by atoms with E-state index in [1.807, 2.05) is 6.07 Å². The van der Waals surface area contributed by atoms with Crippen LogP contribution in [0.5, 0.6) is 5.75 Å². The molecule has 0 fully saturated rings. The van der Waals surface area contributed by atoms with E-state index < -0.39 is 10.9 Å². The highest BCUT2D eigenvalue weighted by atomic mass is 16.6. The molecule has 0 aromatic heterocycles. The lowest BCUT2D eigenvalue weighted by Gasteiger charge is -2.23. The first-order chi connectivity index (χ1) is 19.0. The van der Waals surface area contributed by atoms with E-state index in [1.54, 1.807) is 53.4 Å². The number of nitrogens with zero attached hydrogens (tertiary/aromatic N) is 2. The van der Waals surface area contributed by atoms with E-state index in [1.165, 1.54) is 69.2 Å². The molecule has 0 aliphatic carbocycles. The number of para-hydroxylation sites is 1. The Hall–Kier alpha value is -4.00. The number of carbonyl (C=O) groups is 2. The average Bonchev–Trinajstić information content (AvgIpc) is 2.96. The second-order valence-electron chi connectivity index (χ2n) is 9.69. The van der Waals surface area contributed by atoms with Crippen LogP contribution in [-0.2, 0) is 0 Å². The Labute approximate surface area is 231 Å². The number of unbranched alkanes of at least 4 members (excludes halogenated alkanes) is 9. The number of rotatable bonds is 16. The number of hydrogen-bond acceptors (Lipinski definition) is 5. The van der Waals surface area contributed by atoms with E-state index in [4.69, 9.17) is 4.74 Å². The molecule has 0 atom stereocenters. The predicted octanol–water partition coefficient (Wildman–Crippen LogP) is 8.38. The summed E-state index contributed by atoms with van der Waals surface area (Å²) >= 11 is 0. The van der Waals surface area contributed by atoms with Gasteiger partial charge >= 0.3 is 5.97 Å². The van der Waals surface area contributed by atoms with Gasteiger partial charge in [-0.1, -0.05) is 82.9 Å². The van der Waals surface area contributed by atoms with E-state index in [0.29, 0.717) is 29.1 Å². The number of anilines is 1. The molecule has 3 rings (SSSR count). The molecule has 0 aliphatic rings. The van der Waals surface area contributed by atoms with Crippen molar-refractivity contribution in [3.05, 3.63) is 100 Å². The van der Waals surface area contributed by atoms with Crippen molar-refractivity contribution >= 4 is 23.3 Å². The minimum absolute atomic E-state index is 0.0610. The number of nitro benzene ring substituents is 1. The molecule has 0 unspecified atom stereocenters. The van der Waals surface area contributed by atoms with Crippen LogP contribution in [0.2, 0.25) is 0 Å². The number of benzene rings is 3. The zero-order valence-corrected chi connectivity index (χ0v) is 22.7. The maximum absolute atomic E-state index is 13.4. The fourth-order valence-corrected chi connectivity index (χ4v) is 4.42. The van der Waals surface area contributed by atoms with Gasteiger partial charge in [-0.15, -0.1) is 0 Å². The van der Waals surface area contributed by atoms with Crippen molar-refractivity contribution in [2.75, 3.05) is 11.4 Å². The predicted molar refractivity (Wildman–Crippen MR) is 154 cm³/mol. The SMILES string of the molecule is CCCCCCCCCCCCN(C(=O)c1ccc([N+](=O)[O-])cc1)c1ccc(C(=O)Oc2ccccc2)cc1. The van der Waals surface area contributed by atoms with Crippen LogP contribution in [0.15, 0.2) is 78.9 Å². The van der Waals surface area contributed by atoms with E-state index in [2.05, 4.69) is 6.92 Å². The summed E-state index contributed by atoms with van der Waals surface area (Å²) in [4.78, 5) is 38.2. The summed E-state index contributed by atoms with van der Waals surface area (Å²) < 4.78 is 5.41. The average molecular weight is 531 g/mol. The molecule has 3 aromatic carbocycles. The minimum atomic E-state index is -0.483. The third kappa shape index (κ3) is 9.67. The number of hydrogen-bond donors (Lipinski definition) is 0. The number of ether oxygens (including phenoxy) is 1. The fourth-order valence-electron chi connectivity index (χ4n) is 4.42. The van der Waals surface area contributed by atoms with Gasteiger partial charge in [0.1, 0.15) is 5.75 Å². The number of non-ortho nitro benzene ring substituents is 1. The second-order valence-corrected chi connectivity index (χ2v) is 9.69. The molecular formula is C32H38N2O5. The summed E-state index contributed by atoms with van der Waals surface area (Å²) in [7, 11) is 0. The van der Waals surface area contributed by atoms with Gasteiger partial charge in [-0.25, -0.2) is 4.79 Å². The van der Waals surface area contributed by atoms with Crippen LogP contribution in [0.1, 0.15) is 91.8 Å². The summed E-state index contributed by atoms with van der Waals surface area (Å²) in [6, 6.07) is 21.3. The Morgan fingerprint density at radius 2 is 1.26 bits per heavy atom. The standard InChI is InChI=1S/C32H38N2O5/c1-2-3-4-5-6-7-8-9-10-14-25-33(31(35)26-17-23-29(24-18-26)34(37)38)28-21-19-27(20-22-28)32(36)39-30-15-12-11-13-16-30/h11-13,15-24H,2-10,14,25H2,1H3. The highest BCUT2D eigenvalue weighted by Crippen LogP contribution is 2.22. The van der Waals surface area contributed by atoms with Crippen molar-refractivity contribution in [2.24, 2.45) is 0 Å². The van der Waals surface area contributed by atoms with E-state index >= 15 is 0 Å². The monoisotopic (exact) mass is 530 g/mol. The third-order valence-corrected chi connectivity index (χ3v) is 6.67. The molecule has 0 radical (unpaired) electrons. The van der Waals surface area contributed by atoms with Crippen LogP contribution in [0, 0.1) is 10.1 Å². The van der Waals surface area contributed by atoms with Crippen molar-refractivity contribution in [1.82, 2.24) is 0 Å². The molecule has 0 N–H and O–H groups in total. The molecule has 0 saturated carbocycles. The number of carbonyl (C=O) groups excluding carboxylic acids is 2. The summed E-state index contributed by atoms with van der Waals surface area (Å²) in [6.45, 7) is 2.74. The smallest absolute Gasteiger partial charge is 0.343 e. The van der Waals surface area contributed by atoms with Crippen LogP contribution < -0.4 is 9.64 Å². The summed E-state index contributed by atoms with van der Waals surface area (Å²) in [5.41, 5.74) is 1.35. The van der Waals surface area contributed by atoms with Gasteiger partial charge in [0.15, 0.2) is 0 Å². The largest absolute Gasteiger partial charge is 0.423 e. The molecule has 0 bridgehead atoms. The Morgan fingerprint density at radius 3 is 1.82 bits per heavy atom. The van der Waals surface area contributed by atoms with Gasteiger partial charge < -0.3 is 9.64 Å². The van der Waals surface area contributed by atoms with Crippen molar-refractivity contribution in [1.29, 1.82) is 0 Å². The molecule has 7 nitrogen and oxygen atoms in total.